The van der Waals surface area contributed by atoms with Crippen molar-refractivity contribution in [2.45, 2.75) is 45.2 Å². The summed E-state index contributed by atoms with van der Waals surface area (Å²) in [7, 11) is 1.72. The molecule has 1 aliphatic rings. The fourth-order valence-electron chi connectivity index (χ4n) is 2.51. The number of carbonyl (C=O) groups is 2. The molecule has 1 heterocycles. The maximum absolute atomic E-state index is 11.9. The minimum absolute atomic E-state index is 0.308. The van der Waals surface area contributed by atoms with Crippen molar-refractivity contribution >= 4 is 12.0 Å². The molecule has 6 nitrogen and oxygen atoms in total. The number of carboxylic acids is 1. The van der Waals surface area contributed by atoms with Gasteiger partial charge >= 0.3 is 12.0 Å². The lowest BCUT2D eigenvalue weighted by Gasteiger charge is -2.28. The highest BCUT2D eigenvalue weighted by molar-refractivity contribution is 5.82. The second kappa shape index (κ2) is 7.33. The van der Waals surface area contributed by atoms with Crippen molar-refractivity contribution in [1.29, 1.82) is 0 Å². The summed E-state index contributed by atoms with van der Waals surface area (Å²) in [4.78, 5) is 26.8. The predicted molar refractivity (Wildman–Crippen MR) is 73.1 cm³/mol. The zero-order valence-corrected chi connectivity index (χ0v) is 12.1. The third kappa shape index (κ3) is 4.38. The summed E-state index contributed by atoms with van der Waals surface area (Å²) in [5.74, 6) is -0.986. The molecule has 0 aromatic carbocycles. The summed E-state index contributed by atoms with van der Waals surface area (Å²) in [6.07, 6.45) is 2.65. The van der Waals surface area contributed by atoms with Crippen LogP contribution in [0.3, 0.4) is 0 Å². The van der Waals surface area contributed by atoms with Crippen molar-refractivity contribution in [3.05, 3.63) is 0 Å². The van der Waals surface area contributed by atoms with E-state index >= 15 is 0 Å². The van der Waals surface area contributed by atoms with Gasteiger partial charge in [-0.2, -0.15) is 0 Å². The first kappa shape index (κ1) is 15.8. The molecule has 1 aliphatic heterocycles. The molecule has 1 saturated heterocycles. The number of hydrogen-bond donors (Lipinski definition) is 2. The third-order valence-corrected chi connectivity index (χ3v) is 3.74. The molecule has 19 heavy (non-hydrogen) atoms. The fraction of sp³-hybridized carbons (Fsp3) is 0.846. The molecular weight excluding hydrogens is 246 g/mol. The smallest absolute Gasteiger partial charge is 0.326 e. The van der Waals surface area contributed by atoms with Gasteiger partial charge in [-0.15, -0.1) is 0 Å². The van der Waals surface area contributed by atoms with Crippen LogP contribution in [0.1, 0.15) is 33.1 Å². The molecule has 1 fully saturated rings. The Morgan fingerprint density at radius 2 is 2.16 bits per heavy atom. The first-order chi connectivity index (χ1) is 8.99. The lowest BCUT2D eigenvalue weighted by molar-refractivity contribution is -0.139. The maximum atomic E-state index is 11.9. The van der Waals surface area contributed by atoms with Crippen LogP contribution in [0.2, 0.25) is 0 Å². The SMILES string of the molecule is CCC(NC(=O)N(C)CC1CCCN1CC)C(=O)O. The van der Waals surface area contributed by atoms with Crippen molar-refractivity contribution in [2.75, 3.05) is 26.7 Å². The van der Waals surface area contributed by atoms with Crippen molar-refractivity contribution in [3.8, 4) is 0 Å². The monoisotopic (exact) mass is 271 g/mol. The van der Waals surface area contributed by atoms with Gasteiger partial charge in [-0.25, -0.2) is 9.59 Å². The van der Waals surface area contributed by atoms with E-state index in [-0.39, 0.29) is 6.03 Å². The van der Waals surface area contributed by atoms with Gasteiger partial charge < -0.3 is 15.3 Å². The van der Waals surface area contributed by atoms with Crippen molar-refractivity contribution < 1.29 is 14.7 Å². The van der Waals surface area contributed by atoms with E-state index in [2.05, 4.69) is 17.1 Å². The summed E-state index contributed by atoms with van der Waals surface area (Å²) < 4.78 is 0. The Labute approximate surface area is 114 Å². The van der Waals surface area contributed by atoms with Crippen LogP contribution in [0.25, 0.3) is 0 Å². The van der Waals surface area contributed by atoms with E-state index in [0.717, 1.165) is 19.5 Å². The van der Waals surface area contributed by atoms with E-state index < -0.39 is 12.0 Å². The molecule has 2 atom stereocenters. The second-order valence-corrected chi connectivity index (χ2v) is 5.05. The Hall–Kier alpha value is -1.30. The summed E-state index contributed by atoms with van der Waals surface area (Å²) in [6.45, 7) is 6.59. The second-order valence-electron chi connectivity index (χ2n) is 5.05. The Balaban J connectivity index is 2.46. The number of carbonyl (C=O) groups excluding carboxylic acids is 1. The van der Waals surface area contributed by atoms with E-state index in [4.69, 9.17) is 5.11 Å². The number of carboxylic acid groups (broad SMARTS) is 1. The van der Waals surface area contributed by atoms with E-state index in [9.17, 15) is 9.59 Å². The lowest BCUT2D eigenvalue weighted by Crippen LogP contribution is -2.49. The number of nitrogens with zero attached hydrogens (tertiary/aromatic N) is 2. The molecule has 0 aliphatic carbocycles. The van der Waals surface area contributed by atoms with Gasteiger partial charge in [-0.05, 0) is 32.4 Å². The van der Waals surface area contributed by atoms with Crippen LogP contribution in [-0.2, 0) is 4.79 Å². The average Bonchev–Trinajstić information content (AvgIpc) is 2.82. The number of urea groups is 1. The van der Waals surface area contributed by atoms with Crippen molar-refractivity contribution in [1.82, 2.24) is 15.1 Å². The average molecular weight is 271 g/mol. The molecule has 1 rings (SSSR count). The van der Waals surface area contributed by atoms with E-state index in [1.165, 1.54) is 6.42 Å². The number of nitrogens with one attached hydrogen (secondary N) is 1. The van der Waals surface area contributed by atoms with E-state index in [0.29, 0.717) is 19.0 Å². The molecule has 0 saturated carbocycles. The van der Waals surface area contributed by atoms with Crippen LogP contribution in [0.15, 0.2) is 0 Å². The van der Waals surface area contributed by atoms with E-state index in [1.54, 1.807) is 18.9 Å². The van der Waals surface area contributed by atoms with Crippen LogP contribution in [0.4, 0.5) is 4.79 Å². The largest absolute Gasteiger partial charge is 0.480 e. The minimum atomic E-state index is -0.986. The van der Waals surface area contributed by atoms with Crippen LogP contribution in [-0.4, -0.2) is 65.7 Å². The highest BCUT2D eigenvalue weighted by atomic mass is 16.4. The van der Waals surface area contributed by atoms with Gasteiger partial charge in [-0.1, -0.05) is 13.8 Å². The maximum Gasteiger partial charge on any atom is 0.326 e. The van der Waals surface area contributed by atoms with Crippen LogP contribution >= 0.6 is 0 Å². The Bertz CT molecular complexity index is 322. The van der Waals surface area contributed by atoms with Crippen LogP contribution in [0.5, 0.6) is 0 Å². The topological polar surface area (TPSA) is 72.9 Å². The standard InChI is InChI=1S/C13H25N3O3/c1-4-11(12(17)18)14-13(19)15(3)9-10-7-6-8-16(10)5-2/h10-11H,4-9H2,1-3H3,(H,14,19)(H,17,18). The van der Waals surface area contributed by atoms with Crippen LogP contribution < -0.4 is 5.32 Å². The molecule has 2 N–H and O–H groups in total. The van der Waals surface area contributed by atoms with Gasteiger partial charge in [0.25, 0.3) is 0 Å². The number of likely N-dealkylation sites (tertiary alicyclic amines) is 1. The summed E-state index contributed by atoms with van der Waals surface area (Å²) in [5, 5.41) is 11.5. The highest BCUT2D eigenvalue weighted by Gasteiger charge is 2.26. The molecular formula is C13H25N3O3. The third-order valence-electron chi connectivity index (χ3n) is 3.74. The normalized spacial score (nSPS) is 21.1. The Morgan fingerprint density at radius 3 is 2.68 bits per heavy atom. The molecule has 0 aromatic heterocycles. The molecule has 2 unspecified atom stereocenters. The quantitative estimate of drug-likeness (QED) is 0.755. The molecule has 0 spiro atoms. The van der Waals surface area contributed by atoms with Gasteiger partial charge in [-0.3, -0.25) is 4.90 Å². The Morgan fingerprint density at radius 1 is 1.47 bits per heavy atom. The molecule has 0 radical (unpaired) electrons. The number of rotatable bonds is 6. The van der Waals surface area contributed by atoms with Crippen molar-refractivity contribution in [3.63, 3.8) is 0 Å². The van der Waals surface area contributed by atoms with Gasteiger partial charge in [0.1, 0.15) is 6.04 Å². The summed E-state index contributed by atoms with van der Waals surface area (Å²) in [5.41, 5.74) is 0. The fourth-order valence-corrected chi connectivity index (χ4v) is 2.51. The van der Waals surface area contributed by atoms with Gasteiger partial charge in [0.15, 0.2) is 0 Å². The van der Waals surface area contributed by atoms with Gasteiger partial charge in [0.2, 0.25) is 0 Å². The van der Waals surface area contributed by atoms with E-state index in [1.807, 2.05) is 0 Å². The first-order valence-corrected chi connectivity index (χ1v) is 6.98. The highest BCUT2D eigenvalue weighted by Crippen LogP contribution is 2.17. The number of aliphatic carboxylic acids is 1. The summed E-state index contributed by atoms with van der Waals surface area (Å²) >= 11 is 0. The first-order valence-electron chi connectivity index (χ1n) is 6.98. The van der Waals surface area contributed by atoms with Crippen molar-refractivity contribution in [2.24, 2.45) is 0 Å². The number of hydrogen-bond acceptors (Lipinski definition) is 3. The summed E-state index contributed by atoms with van der Waals surface area (Å²) in [6, 6.07) is -0.719. The Kier molecular flexibility index (Phi) is 6.08. The molecule has 0 bridgehead atoms. The van der Waals surface area contributed by atoms with Crippen LogP contribution in [0, 0.1) is 0 Å². The lowest BCUT2D eigenvalue weighted by atomic mass is 10.2. The molecule has 6 heteroatoms. The zero-order chi connectivity index (χ0) is 14.4. The zero-order valence-electron chi connectivity index (χ0n) is 12.1. The molecule has 0 aromatic rings. The molecule has 110 valence electrons. The minimum Gasteiger partial charge on any atom is -0.480 e. The predicted octanol–water partition coefficient (Wildman–Crippen LogP) is 0.975. The van der Waals surface area contributed by atoms with Gasteiger partial charge in [0, 0.05) is 19.6 Å². The molecule has 2 amide bonds. The van der Waals surface area contributed by atoms with Gasteiger partial charge in [0.05, 0.1) is 0 Å². The number of amides is 2. The number of likely N-dealkylation sites (N-methyl/N-ethyl adjacent to an activating group) is 2.